The molecule has 33 heavy (non-hydrogen) atoms. The number of aromatic amines is 1. The number of aromatic nitrogens is 5. The predicted octanol–water partition coefficient (Wildman–Crippen LogP) is 4.27. The van der Waals surface area contributed by atoms with Gasteiger partial charge in [0.05, 0.1) is 28.1 Å². The molecule has 7 heteroatoms. The van der Waals surface area contributed by atoms with Gasteiger partial charge in [-0.15, -0.1) is 0 Å². The van der Waals surface area contributed by atoms with Gasteiger partial charge in [-0.1, -0.05) is 24.3 Å². The second kappa shape index (κ2) is 8.63. The van der Waals surface area contributed by atoms with Crippen molar-refractivity contribution in [1.29, 1.82) is 0 Å². The molecule has 0 aliphatic carbocycles. The van der Waals surface area contributed by atoms with E-state index in [1.807, 2.05) is 61.5 Å². The van der Waals surface area contributed by atoms with Gasteiger partial charge in [0, 0.05) is 35.6 Å². The molecule has 0 fully saturated rings. The fourth-order valence-electron chi connectivity index (χ4n) is 3.87. The fourth-order valence-corrected chi connectivity index (χ4v) is 3.87. The lowest BCUT2D eigenvalue weighted by Crippen LogP contribution is -2.11. The number of nitrogens with one attached hydrogen (secondary N) is 1. The SMILES string of the molecule is Cc1cccc(-c2[nH]c(CCc3cccc(C(N)=O)c3)nc2-c2ccc3nccnc3c2)n1. The van der Waals surface area contributed by atoms with Crippen LogP contribution in [0.3, 0.4) is 0 Å². The summed E-state index contributed by atoms with van der Waals surface area (Å²) in [7, 11) is 0. The first-order chi connectivity index (χ1) is 16.1. The van der Waals surface area contributed by atoms with E-state index in [0.717, 1.165) is 57.2 Å². The van der Waals surface area contributed by atoms with Gasteiger partial charge in [0.25, 0.3) is 0 Å². The van der Waals surface area contributed by atoms with Crippen molar-refractivity contribution >= 4 is 16.9 Å². The van der Waals surface area contributed by atoms with Crippen LogP contribution in [0.15, 0.2) is 73.1 Å². The second-order valence-electron chi connectivity index (χ2n) is 7.90. The Hall–Kier alpha value is -4.39. The van der Waals surface area contributed by atoms with Gasteiger partial charge in [-0.25, -0.2) is 4.98 Å². The van der Waals surface area contributed by atoms with Gasteiger partial charge in [0.1, 0.15) is 5.82 Å². The maximum atomic E-state index is 11.5. The molecule has 0 aliphatic heterocycles. The third-order valence-electron chi connectivity index (χ3n) is 5.50. The molecule has 3 heterocycles. The molecule has 0 atom stereocenters. The summed E-state index contributed by atoms with van der Waals surface area (Å²) in [4.78, 5) is 33.4. The van der Waals surface area contributed by atoms with Crippen molar-refractivity contribution in [3.05, 3.63) is 95.7 Å². The highest BCUT2D eigenvalue weighted by molar-refractivity contribution is 5.92. The molecular formula is C26H22N6O. The summed E-state index contributed by atoms with van der Waals surface area (Å²) in [6, 6.07) is 19.3. The predicted molar refractivity (Wildman–Crippen MR) is 127 cm³/mol. The van der Waals surface area contributed by atoms with E-state index in [9.17, 15) is 4.79 Å². The molecule has 0 saturated carbocycles. The number of hydrogen-bond acceptors (Lipinski definition) is 5. The first-order valence-corrected chi connectivity index (χ1v) is 10.7. The minimum absolute atomic E-state index is 0.427. The summed E-state index contributed by atoms with van der Waals surface area (Å²) in [6.45, 7) is 1.97. The van der Waals surface area contributed by atoms with Gasteiger partial charge >= 0.3 is 0 Å². The fraction of sp³-hybridized carbons (Fsp3) is 0.115. The lowest BCUT2D eigenvalue weighted by atomic mass is 10.1. The van der Waals surface area contributed by atoms with E-state index in [1.54, 1.807) is 18.5 Å². The second-order valence-corrected chi connectivity index (χ2v) is 7.90. The molecular weight excluding hydrogens is 412 g/mol. The molecule has 0 saturated heterocycles. The molecule has 3 aromatic heterocycles. The van der Waals surface area contributed by atoms with Crippen molar-refractivity contribution < 1.29 is 4.79 Å². The number of nitrogens with two attached hydrogens (primary N) is 1. The number of nitrogens with zero attached hydrogens (tertiary/aromatic N) is 4. The monoisotopic (exact) mass is 434 g/mol. The van der Waals surface area contributed by atoms with Gasteiger partial charge in [-0.2, -0.15) is 0 Å². The number of primary amides is 1. The number of aryl methyl sites for hydroxylation is 3. The Labute approximate surface area is 190 Å². The molecule has 0 radical (unpaired) electrons. The number of hydrogen-bond donors (Lipinski definition) is 2. The number of benzene rings is 2. The van der Waals surface area contributed by atoms with E-state index in [4.69, 9.17) is 15.7 Å². The lowest BCUT2D eigenvalue weighted by molar-refractivity contribution is 0.1000. The molecule has 162 valence electrons. The standard InChI is InChI=1S/C26H22N6O/c1-16-4-2-7-21(30-16)25-24(18-9-10-20-22(15-18)29-13-12-28-20)31-23(32-25)11-8-17-5-3-6-19(14-17)26(27)33/h2-7,9-10,12-15H,8,11H2,1H3,(H2,27,33)(H,31,32). The largest absolute Gasteiger partial charge is 0.366 e. The normalized spacial score (nSPS) is 11.1. The van der Waals surface area contributed by atoms with E-state index < -0.39 is 5.91 Å². The van der Waals surface area contributed by atoms with Crippen molar-refractivity contribution in [3.63, 3.8) is 0 Å². The van der Waals surface area contributed by atoms with Gasteiger partial charge in [-0.05, 0) is 55.3 Å². The molecule has 5 rings (SSSR count). The molecule has 0 spiro atoms. The minimum Gasteiger partial charge on any atom is -0.366 e. The van der Waals surface area contributed by atoms with Gasteiger partial charge < -0.3 is 10.7 Å². The molecule has 0 aliphatic rings. The smallest absolute Gasteiger partial charge is 0.248 e. The molecule has 0 unspecified atom stereocenters. The highest BCUT2D eigenvalue weighted by atomic mass is 16.1. The Kier molecular flexibility index (Phi) is 5.36. The summed E-state index contributed by atoms with van der Waals surface area (Å²) in [5.41, 5.74) is 13.0. The number of fused-ring (bicyclic) bond motifs is 1. The van der Waals surface area contributed by atoms with Crippen molar-refractivity contribution in [1.82, 2.24) is 24.9 Å². The number of amides is 1. The van der Waals surface area contributed by atoms with Crippen LogP contribution in [-0.2, 0) is 12.8 Å². The van der Waals surface area contributed by atoms with Crippen molar-refractivity contribution in [2.75, 3.05) is 0 Å². The Morgan fingerprint density at radius 3 is 2.55 bits per heavy atom. The van der Waals surface area contributed by atoms with Crippen molar-refractivity contribution in [3.8, 4) is 22.6 Å². The third kappa shape index (κ3) is 4.34. The summed E-state index contributed by atoms with van der Waals surface area (Å²) in [5.74, 6) is 0.413. The van der Waals surface area contributed by atoms with E-state index in [1.165, 1.54) is 0 Å². The van der Waals surface area contributed by atoms with Crippen LogP contribution >= 0.6 is 0 Å². The molecule has 0 bridgehead atoms. The average molecular weight is 435 g/mol. The topological polar surface area (TPSA) is 110 Å². The maximum Gasteiger partial charge on any atom is 0.248 e. The van der Waals surface area contributed by atoms with Crippen LogP contribution in [0.4, 0.5) is 0 Å². The third-order valence-corrected chi connectivity index (χ3v) is 5.50. The Morgan fingerprint density at radius 1 is 0.909 bits per heavy atom. The van der Waals surface area contributed by atoms with Crippen molar-refractivity contribution in [2.24, 2.45) is 5.73 Å². The van der Waals surface area contributed by atoms with Gasteiger partial charge in [-0.3, -0.25) is 19.7 Å². The Balaban J connectivity index is 1.53. The number of carbonyl (C=O) groups is 1. The first kappa shape index (κ1) is 20.5. The van der Waals surface area contributed by atoms with E-state index in [0.29, 0.717) is 12.0 Å². The summed E-state index contributed by atoms with van der Waals surface area (Å²) < 4.78 is 0. The van der Waals surface area contributed by atoms with Crippen LogP contribution < -0.4 is 5.73 Å². The lowest BCUT2D eigenvalue weighted by Gasteiger charge is -2.04. The Morgan fingerprint density at radius 2 is 1.73 bits per heavy atom. The van der Waals surface area contributed by atoms with Crippen LogP contribution in [-0.4, -0.2) is 30.8 Å². The van der Waals surface area contributed by atoms with E-state index >= 15 is 0 Å². The number of pyridine rings is 1. The van der Waals surface area contributed by atoms with E-state index in [-0.39, 0.29) is 0 Å². The number of imidazole rings is 1. The zero-order valence-corrected chi connectivity index (χ0v) is 18.1. The van der Waals surface area contributed by atoms with Crippen LogP contribution in [0.25, 0.3) is 33.7 Å². The molecule has 3 N–H and O–H groups in total. The zero-order chi connectivity index (χ0) is 22.8. The van der Waals surface area contributed by atoms with Crippen molar-refractivity contribution in [2.45, 2.75) is 19.8 Å². The summed E-state index contributed by atoms with van der Waals surface area (Å²) in [5, 5.41) is 0. The van der Waals surface area contributed by atoms with Crippen LogP contribution in [0.2, 0.25) is 0 Å². The maximum absolute atomic E-state index is 11.5. The van der Waals surface area contributed by atoms with E-state index in [2.05, 4.69) is 15.0 Å². The summed E-state index contributed by atoms with van der Waals surface area (Å²) >= 11 is 0. The number of H-pyrrole nitrogens is 1. The van der Waals surface area contributed by atoms with Crippen LogP contribution in [0, 0.1) is 6.92 Å². The quantitative estimate of drug-likeness (QED) is 0.415. The summed E-state index contributed by atoms with van der Waals surface area (Å²) in [6.07, 6.45) is 4.77. The highest BCUT2D eigenvalue weighted by Gasteiger charge is 2.16. The highest BCUT2D eigenvalue weighted by Crippen LogP contribution is 2.31. The zero-order valence-electron chi connectivity index (χ0n) is 18.1. The average Bonchev–Trinajstić information content (AvgIpc) is 3.27. The molecule has 1 amide bonds. The van der Waals surface area contributed by atoms with Gasteiger partial charge in [0.15, 0.2) is 0 Å². The molecule has 2 aromatic carbocycles. The van der Waals surface area contributed by atoms with Crippen LogP contribution in [0.1, 0.15) is 27.4 Å². The van der Waals surface area contributed by atoms with Gasteiger partial charge in [0.2, 0.25) is 5.91 Å². The first-order valence-electron chi connectivity index (χ1n) is 10.7. The number of carbonyl (C=O) groups excluding carboxylic acids is 1. The number of rotatable bonds is 6. The minimum atomic E-state index is -0.427. The molecule has 7 nitrogen and oxygen atoms in total. The van der Waals surface area contributed by atoms with Crippen LogP contribution in [0.5, 0.6) is 0 Å². The Bertz CT molecular complexity index is 1470. The molecule has 5 aromatic rings.